The predicted molar refractivity (Wildman–Crippen MR) is 95.1 cm³/mol. The SMILES string of the molecule is COc1ccccc1OC1CN(C(=O)CC2CN(C(C)C)CCO2)C1. The van der Waals surface area contributed by atoms with E-state index in [1.807, 2.05) is 29.2 Å². The van der Waals surface area contributed by atoms with Crippen molar-refractivity contribution >= 4 is 5.91 Å². The molecular formula is C19H28N2O4. The number of morpholine rings is 1. The van der Waals surface area contributed by atoms with Crippen LogP contribution >= 0.6 is 0 Å². The molecule has 1 aromatic carbocycles. The Morgan fingerprint density at radius 3 is 2.64 bits per heavy atom. The van der Waals surface area contributed by atoms with E-state index >= 15 is 0 Å². The Kier molecular flexibility index (Phi) is 5.81. The van der Waals surface area contributed by atoms with Crippen molar-refractivity contribution in [3.8, 4) is 11.5 Å². The highest BCUT2D eigenvalue weighted by molar-refractivity contribution is 5.77. The van der Waals surface area contributed by atoms with Crippen LogP contribution in [0.2, 0.25) is 0 Å². The summed E-state index contributed by atoms with van der Waals surface area (Å²) < 4.78 is 17.0. The second-order valence-corrected chi connectivity index (χ2v) is 6.98. The lowest BCUT2D eigenvalue weighted by molar-refractivity contribution is -0.145. The van der Waals surface area contributed by atoms with Gasteiger partial charge in [-0.2, -0.15) is 0 Å². The van der Waals surface area contributed by atoms with Gasteiger partial charge in [0.05, 0.1) is 39.3 Å². The number of carbonyl (C=O) groups is 1. The maximum absolute atomic E-state index is 12.4. The van der Waals surface area contributed by atoms with E-state index in [1.165, 1.54) is 0 Å². The number of likely N-dealkylation sites (tertiary alicyclic amines) is 1. The van der Waals surface area contributed by atoms with Crippen LogP contribution in [0, 0.1) is 0 Å². The van der Waals surface area contributed by atoms with Crippen molar-refractivity contribution in [2.24, 2.45) is 0 Å². The Balaban J connectivity index is 1.44. The average Bonchev–Trinajstić information content (AvgIpc) is 2.58. The first kappa shape index (κ1) is 18.0. The van der Waals surface area contributed by atoms with Crippen LogP contribution in [-0.4, -0.2) is 73.9 Å². The van der Waals surface area contributed by atoms with E-state index in [4.69, 9.17) is 14.2 Å². The van der Waals surface area contributed by atoms with Gasteiger partial charge in [-0.05, 0) is 26.0 Å². The van der Waals surface area contributed by atoms with E-state index in [9.17, 15) is 4.79 Å². The van der Waals surface area contributed by atoms with Gasteiger partial charge in [0.1, 0.15) is 6.10 Å². The molecule has 25 heavy (non-hydrogen) atoms. The van der Waals surface area contributed by atoms with Crippen LogP contribution in [0.1, 0.15) is 20.3 Å². The lowest BCUT2D eigenvalue weighted by atomic mass is 10.1. The number of hydrogen-bond donors (Lipinski definition) is 0. The van der Waals surface area contributed by atoms with Crippen LogP contribution in [-0.2, 0) is 9.53 Å². The summed E-state index contributed by atoms with van der Waals surface area (Å²) in [6.07, 6.45) is 0.474. The molecule has 3 rings (SSSR count). The van der Waals surface area contributed by atoms with Crippen molar-refractivity contribution in [1.29, 1.82) is 0 Å². The standard InChI is InChI=1S/C19H28N2O4/c1-14(2)20-8-9-24-15(11-20)10-19(22)21-12-16(13-21)25-18-7-5-4-6-17(18)23-3/h4-7,14-16H,8-13H2,1-3H3. The number of amides is 1. The number of rotatable bonds is 6. The summed E-state index contributed by atoms with van der Waals surface area (Å²) in [5.74, 6) is 1.59. The minimum Gasteiger partial charge on any atom is -0.493 e. The number of carbonyl (C=O) groups excluding carboxylic acids is 1. The van der Waals surface area contributed by atoms with E-state index in [0.717, 1.165) is 24.6 Å². The molecule has 2 saturated heterocycles. The topological polar surface area (TPSA) is 51.2 Å². The smallest absolute Gasteiger partial charge is 0.225 e. The second-order valence-electron chi connectivity index (χ2n) is 6.98. The molecule has 0 spiro atoms. The summed E-state index contributed by atoms with van der Waals surface area (Å²) in [4.78, 5) is 16.6. The summed E-state index contributed by atoms with van der Waals surface area (Å²) in [5.41, 5.74) is 0. The summed E-state index contributed by atoms with van der Waals surface area (Å²) in [6.45, 7) is 8.09. The maximum atomic E-state index is 12.4. The fourth-order valence-corrected chi connectivity index (χ4v) is 3.27. The molecule has 6 nitrogen and oxygen atoms in total. The van der Waals surface area contributed by atoms with Gasteiger partial charge in [0.2, 0.25) is 5.91 Å². The zero-order valence-corrected chi connectivity index (χ0v) is 15.3. The molecule has 0 radical (unpaired) electrons. The monoisotopic (exact) mass is 348 g/mol. The highest BCUT2D eigenvalue weighted by Crippen LogP contribution is 2.29. The molecular weight excluding hydrogens is 320 g/mol. The summed E-state index contributed by atoms with van der Waals surface area (Å²) in [6, 6.07) is 8.08. The number of para-hydroxylation sites is 2. The maximum Gasteiger partial charge on any atom is 0.225 e. The Morgan fingerprint density at radius 1 is 1.24 bits per heavy atom. The van der Waals surface area contributed by atoms with Crippen molar-refractivity contribution < 1.29 is 19.0 Å². The lowest BCUT2D eigenvalue weighted by Gasteiger charge is -2.41. The molecule has 2 heterocycles. The molecule has 6 heteroatoms. The van der Waals surface area contributed by atoms with Gasteiger partial charge in [-0.3, -0.25) is 9.69 Å². The van der Waals surface area contributed by atoms with Crippen LogP contribution in [0.15, 0.2) is 24.3 Å². The molecule has 2 aliphatic heterocycles. The van der Waals surface area contributed by atoms with E-state index in [2.05, 4.69) is 18.7 Å². The first-order chi connectivity index (χ1) is 12.1. The normalized spacial score (nSPS) is 21.9. The van der Waals surface area contributed by atoms with Gasteiger partial charge in [-0.25, -0.2) is 0 Å². The van der Waals surface area contributed by atoms with Crippen molar-refractivity contribution in [2.75, 3.05) is 39.9 Å². The van der Waals surface area contributed by atoms with E-state index < -0.39 is 0 Å². The number of ether oxygens (including phenoxy) is 3. The first-order valence-corrected chi connectivity index (χ1v) is 9.00. The number of methoxy groups -OCH3 is 1. The number of hydrogen-bond acceptors (Lipinski definition) is 5. The first-order valence-electron chi connectivity index (χ1n) is 9.00. The minimum absolute atomic E-state index is 0.00200. The Labute approximate surface area is 149 Å². The molecule has 1 aromatic rings. The minimum atomic E-state index is -0.00200. The fraction of sp³-hybridized carbons (Fsp3) is 0.632. The molecule has 2 fully saturated rings. The van der Waals surface area contributed by atoms with Crippen LogP contribution in [0.5, 0.6) is 11.5 Å². The fourth-order valence-electron chi connectivity index (χ4n) is 3.27. The highest BCUT2D eigenvalue weighted by Gasteiger charge is 2.34. The predicted octanol–water partition coefficient (Wildman–Crippen LogP) is 1.78. The molecule has 0 N–H and O–H groups in total. The van der Waals surface area contributed by atoms with Gasteiger partial charge < -0.3 is 19.1 Å². The Bertz CT molecular complexity index is 587. The molecule has 2 aliphatic rings. The second kappa shape index (κ2) is 8.06. The summed E-state index contributed by atoms with van der Waals surface area (Å²) in [5, 5.41) is 0. The van der Waals surface area contributed by atoms with E-state index in [-0.39, 0.29) is 18.1 Å². The van der Waals surface area contributed by atoms with Gasteiger partial charge in [-0.1, -0.05) is 12.1 Å². The van der Waals surface area contributed by atoms with Gasteiger partial charge in [0.15, 0.2) is 11.5 Å². The van der Waals surface area contributed by atoms with Gasteiger partial charge >= 0.3 is 0 Å². The zero-order chi connectivity index (χ0) is 17.8. The van der Waals surface area contributed by atoms with Crippen molar-refractivity contribution in [2.45, 2.75) is 38.5 Å². The average molecular weight is 348 g/mol. The van der Waals surface area contributed by atoms with Gasteiger partial charge in [0, 0.05) is 19.1 Å². The van der Waals surface area contributed by atoms with Crippen LogP contribution in [0.4, 0.5) is 0 Å². The van der Waals surface area contributed by atoms with E-state index in [1.54, 1.807) is 7.11 Å². The quantitative estimate of drug-likeness (QED) is 0.784. The Hall–Kier alpha value is -1.79. The molecule has 0 saturated carbocycles. The third-order valence-corrected chi connectivity index (χ3v) is 4.87. The van der Waals surface area contributed by atoms with Crippen LogP contribution in [0.25, 0.3) is 0 Å². The van der Waals surface area contributed by atoms with Crippen molar-refractivity contribution in [1.82, 2.24) is 9.80 Å². The molecule has 0 aliphatic carbocycles. The lowest BCUT2D eigenvalue weighted by Crippen LogP contribution is -2.57. The molecule has 1 unspecified atom stereocenters. The molecule has 1 amide bonds. The van der Waals surface area contributed by atoms with Gasteiger partial charge in [0.25, 0.3) is 0 Å². The molecule has 0 bridgehead atoms. The van der Waals surface area contributed by atoms with E-state index in [0.29, 0.717) is 32.2 Å². The van der Waals surface area contributed by atoms with Crippen molar-refractivity contribution in [3.05, 3.63) is 24.3 Å². The summed E-state index contributed by atoms with van der Waals surface area (Å²) >= 11 is 0. The van der Waals surface area contributed by atoms with Crippen molar-refractivity contribution in [3.63, 3.8) is 0 Å². The van der Waals surface area contributed by atoms with Crippen LogP contribution in [0.3, 0.4) is 0 Å². The largest absolute Gasteiger partial charge is 0.493 e. The third kappa shape index (κ3) is 4.44. The van der Waals surface area contributed by atoms with Crippen LogP contribution < -0.4 is 9.47 Å². The van der Waals surface area contributed by atoms with Gasteiger partial charge in [-0.15, -0.1) is 0 Å². The molecule has 0 aromatic heterocycles. The molecule has 138 valence electrons. The third-order valence-electron chi connectivity index (χ3n) is 4.87. The summed E-state index contributed by atoms with van der Waals surface area (Å²) in [7, 11) is 1.63. The number of benzene rings is 1. The zero-order valence-electron chi connectivity index (χ0n) is 15.3. The highest BCUT2D eigenvalue weighted by atomic mass is 16.5. The number of nitrogens with zero attached hydrogens (tertiary/aromatic N) is 2. The molecule has 1 atom stereocenters. The Morgan fingerprint density at radius 2 is 1.96 bits per heavy atom.